The fourth-order valence-electron chi connectivity index (χ4n) is 1.79. The van der Waals surface area contributed by atoms with Crippen molar-refractivity contribution in [3.63, 3.8) is 0 Å². The number of benzene rings is 1. The van der Waals surface area contributed by atoms with Crippen molar-refractivity contribution in [2.75, 3.05) is 11.9 Å². The maximum Gasteiger partial charge on any atom is 0.243 e. The molecule has 0 aliphatic rings. The molecule has 0 spiro atoms. The first-order chi connectivity index (χ1) is 8.56. The Bertz CT molecular complexity index is 441. The molecule has 1 aromatic rings. The van der Waals surface area contributed by atoms with Gasteiger partial charge in [-0.25, -0.2) is 0 Å². The molecule has 0 heterocycles. The van der Waals surface area contributed by atoms with Gasteiger partial charge in [-0.15, -0.1) is 0 Å². The minimum atomic E-state index is -0.212. The molecular weight excluding hydrogens is 228 g/mol. The summed E-state index contributed by atoms with van der Waals surface area (Å²) < 4.78 is 0. The van der Waals surface area contributed by atoms with E-state index in [4.69, 9.17) is 0 Å². The average Bonchev–Trinajstić information content (AvgIpc) is 2.36. The molecule has 0 atom stereocenters. The van der Waals surface area contributed by atoms with Crippen LogP contribution < -0.4 is 10.6 Å². The summed E-state index contributed by atoms with van der Waals surface area (Å²) in [4.78, 5) is 22.2. The lowest BCUT2D eigenvalue weighted by atomic mass is 10.0. The Balaban J connectivity index is 2.67. The molecule has 0 saturated carbocycles. The highest BCUT2D eigenvalue weighted by Gasteiger charge is 2.05. The molecule has 4 heteroatoms. The van der Waals surface area contributed by atoms with E-state index in [-0.39, 0.29) is 18.4 Å². The molecule has 0 aromatic heterocycles. The fraction of sp³-hybridized carbons (Fsp3) is 0.429. The van der Waals surface area contributed by atoms with Gasteiger partial charge in [-0.1, -0.05) is 19.9 Å². The third kappa shape index (κ3) is 4.20. The number of nitrogens with one attached hydrogen (secondary N) is 2. The van der Waals surface area contributed by atoms with E-state index in [9.17, 15) is 9.59 Å². The Morgan fingerprint density at radius 3 is 2.33 bits per heavy atom. The zero-order chi connectivity index (χ0) is 13.5. The lowest BCUT2D eigenvalue weighted by Gasteiger charge is -2.10. The molecule has 1 rings (SSSR count). The molecular formula is C14H20N2O2. The summed E-state index contributed by atoms with van der Waals surface area (Å²) in [6, 6.07) is 5.92. The fourth-order valence-corrected chi connectivity index (χ4v) is 1.79. The van der Waals surface area contributed by atoms with E-state index in [1.165, 1.54) is 18.1 Å². The van der Waals surface area contributed by atoms with Gasteiger partial charge in [0.2, 0.25) is 11.8 Å². The summed E-state index contributed by atoms with van der Waals surface area (Å²) in [7, 11) is 0. The van der Waals surface area contributed by atoms with Crippen molar-refractivity contribution in [3.8, 4) is 0 Å². The van der Waals surface area contributed by atoms with Crippen molar-refractivity contribution in [2.24, 2.45) is 0 Å². The normalized spacial score (nSPS) is 9.94. The Morgan fingerprint density at radius 2 is 1.78 bits per heavy atom. The van der Waals surface area contributed by atoms with Gasteiger partial charge in [0.05, 0.1) is 6.54 Å². The molecule has 0 unspecified atom stereocenters. The van der Waals surface area contributed by atoms with E-state index in [0.29, 0.717) is 0 Å². The van der Waals surface area contributed by atoms with E-state index in [0.717, 1.165) is 18.5 Å². The topological polar surface area (TPSA) is 58.2 Å². The zero-order valence-electron chi connectivity index (χ0n) is 11.2. The third-order valence-electron chi connectivity index (χ3n) is 2.75. The van der Waals surface area contributed by atoms with E-state index in [1.807, 2.05) is 18.2 Å². The molecule has 18 heavy (non-hydrogen) atoms. The number of rotatable bonds is 5. The second-order valence-corrected chi connectivity index (χ2v) is 4.15. The molecule has 0 bridgehead atoms. The van der Waals surface area contributed by atoms with Crippen LogP contribution in [0.4, 0.5) is 5.69 Å². The van der Waals surface area contributed by atoms with Gasteiger partial charge >= 0.3 is 0 Å². The van der Waals surface area contributed by atoms with Gasteiger partial charge in [0, 0.05) is 12.6 Å². The number of anilines is 1. The minimum Gasteiger partial charge on any atom is -0.347 e. The molecule has 1 aromatic carbocycles. The summed E-state index contributed by atoms with van der Waals surface area (Å²) in [5.74, 6) is -0.419. The van der Waals surface area contributed by atoms with Crippen molar-refractivity contribution >= 4 is 17.5 Å². The van der Waals surface area contributed by atoms with Crippen LogP contribution in [0.15, 0.2) is 18.2 Å². The monoisotopic (exact) mass is 248 g/mol. The highest BCUT2D eigenvalue weighted by atomic mass is 16.2. The van der Waals surface area contributed by atoms with Crippen LogP contribution in [0.5, 0.6) is 0 Å². The minimum absolute atomic E-state index is 0.00627. The standard InChI is InChI=1S/C14H20N2O2/c1-4-11-6-7-13(8-12(11)5-2)16-14(18)9-15-10(3)17/h6-8H,4-5,9H2,1-3H3,(H,15,17)(H,16,18). The number of carbonyl (C=O) groups excluding carboxylic acids is 2. The van der Waals surface area contributed by atoms with Crippen LogP contribution in [0, 0.1) is 0 Å². The number of aryl methyl sites for hydroxylation is 2. The first kappa shape index (κ1) is 14.2. The lowest BCUT2D eigenvalue weighted by Crippen LogP contribution is -2.31. The number of hydrogen-bond acceptors (Lipinski definition) is 2. The van der Waals surface area contributed by atoms with Crippen LogP contribution in [0.3, 0.4) is 0 Å². The molecule has 4 nitrogen and oxygen atoms in total. The maximum atomic E-state index is 11.5. The van der Waals surface area contributed by atoms with Crippen LogP contribution in [0.25, 0.3) is 0 Å². The smallest absolute Gasteiger partial charge is 0.243 e. The SMILES string of the molecule is CCc1ccc(NC(=O)CNC(C)=O)cc1CC. The number of amides is 2. The quantitative estimate of drug-likeness (QED) is 0.836. The second kappa shape index (κ2) is 6.79. The molecule has 0 radical (unpaired) electrons. The van der Waals surface area contributed by atoms with Gasteiger partial charge in [-0.05, 0) is 36.1 Å². The Morgan fingerprint density at radius 1 is 1.11 bits per heavy atom. The highest BCUT2D eigenvalue weighted by molar-refractivity contribution is 5.94. The predicted octanol–water partition coefficient (Wildman–Crippen LogP) is 1.89. The van der Waals surface area contributed by atoms with E-state index >= 15 is 0 Å². The van der Waals surface area contributed by atoms with Crippen molar-refractivity contribution in [1.29, 1.82) is 0 Å². The van der Waals surface area contributed by atoms with Crippen LogP contribution in [-0.2, 0) is 22.4 Å². The molecule has 0 aliphatic carbocycles. The van der Waals surface area contributed by atoms with E-state index in [1.54, 1.807) is 0 Å². The molecule has 0 fully saturated rings. The largest absolute Gasteiger partial charge is 0.347 e. The van der Waals surface area contributed by atoms with E-state index in [2.05, 4.69) is 24.5 Å². The zero-order valence-corrected chi connectivity index (χ0v) is 11.2. The van der Waals surface area contributed by atoms with Crippen LogP contribution in [0.1, 0.15) is 31.9 Å². The molecule has 0 saturated heterocycles. The van der Waals surface area contributed by atoms with Gasteiger partial charge in [-0.2, -0.15) is 0 Å². The first-order valence-electron chi connectivity index (χ1n) is 6.22. The van der Waals surface area contributed by atoms with Gasteiger partial charge in [0.1, 0.15) is 0 Å². The summed E-state index contributed by atoms with van der Waals surface area (Å²) in [5, 5.41) is 5.24. The molecule has 2 N–H and O–H groups in total. The maximum absolute atomic E-state index is 11.5. The average molecular weight is 248 g/mol. The van der Waals surface area contributed by atoms with Crippen LogP contribution in [-0.4, -0.2) is 18.4 Å². The number of carbonyl (C=O) groups is 2. The van der Waals surface area contributed by atoms with Gasteiger partial charge in [-0.3, -0.25) is 9.59 Å². The van der Waals surface area contributed by atoms with Crippen LogP contribution >= 0.6 is 0 Å². The Kier molecular flexibility index (Phi) is 5.36. The van der Waals surface area contributed by atoms with Crippen molar-refractivity contribution in [1.82, 2.24) is 5.32 Å². The lowest BCUT2D eigenvalue weighted by molar-refractivity contribution is -0.122. The van der Waals surface area contributed by atoms with Crippen molar-refractivity contribution in [3.05, 3.63) is 29.3 Å². The first-order valence-corrected chi connectivity index (χ1v) is 6.22. The van der Waals surface area contributed by atoms with Gasteiger partial charge < -0.3 is 10.6 Å². The molecule has 2 amide bonds. The molecule has 98 valence electrons. The second-order valence-electron chi connectivity index (χ2n) is 4.15. The van der Waals surface area contributed by atoms with Gasteiger partial charge in [0.15, 0.2) is 0 Å². The van der Waals surface area contributed by atoms with Crippen LogP contribution in [0.2, 0.25) is 0 Å². The predicted molar refractivity (Wildman–Crippen MR) is 72.5 cm³/mol. The van der Waals surface area contributed by atoms with Crippen molar-refractivity contribution in [2.45, 2.75) is 33.6 Å². The summed E-state index contributed by atoms with van der Waals surface area (Å²) in [6.45, 7) is 5.60. The summed E-state index contributed by atoms with van der Waals surface area (Å²) >= 11 is 0. The summed E-state index contributed by atoms with van der Waals surface area (Å²) in [5.41, 5.74) is 3.33. The highest BCUT2D eigenvalue weighted by Crippen LogP contribution is 2.17. The third-order valence-corrected chi connectivity index (χ3v) is 2.75. The van der Waals surface area contributed by atoms with Crippen molar-refractivity contribution < 1.29 is 9.59 Å². The van der Waals surface area contributed by atoms with Gasteiger partial charge in [0.25, 0.3) is 0 Å². The number of hydrogen-bond donors (Lipinski definition) is 2. The summed E-state index contributed by atoms with van der Waals surface area (Å²) in [6.07, 6.45) is 1.93. The van der Waals surface area contributed by atoms with E-state index < -0.39 is 0 Å². The Hall–Kier alpha value is -1.84. The Labute approximate surface area is 108 Å². The molecule has 0 aliphatic heterocycles.